The van der Waals surface area contributed by atoms with Gasteiger partial charge >= 0.3 is 11.7 Å². The minimum Gasteiger partial charge on any atom is -0.478 e. The summed E-state index contributed by atoms with van der Waals surface area (Å²) in [5, 5.41) is 20.6. The number of carboxylic acid groups (broad SMARTS) is 1. The van der Waals surface area contributed by atoms with E-state index >= 15 is 0 Å². The highest BCUT2D eigenvalue weighted by Crippen LogP contribution is 2.35. The van der Waals surface area contributed by atoms with Crippen LogP contribution in [0.1, 0.15) is 115 Å². The molecule has 1 aliphatic carbocycles. The van der Waals surface area contributed by atoms with Gasteiger partial charge in [-0.2, -0.15) is 0 Å². The van der Waals surface area contributed by atoms with Gasteiger partial charge in [-0.3, -0.25) is 52.8 Å². The largest absolute Gasteiger partial charge is 0.478 e. The molecule has 3 aromatic carbocycles. The number of imide groups is 1. The van der Waals surface area contributed by atoms with Gasteiger partial charge in [0.15, 0.2) is 9.84 Å². The molecule has 23 nitrogen and oxygen atoms in total. The normalized spacial score (nSPS) is 22.1. The molecule has 0 spiro atoms. The van der Waals surface area contributed by atoms with E-state index in [1.165, 1.54) is 62.6 Å². The Morgan fingerprint density at radius 3 is 2.25 bits per heavy atom. The predicted molar refractivity (Wildman–Crippen MR) is 285 cm³/mol. The molecule has 418 valence electrons. The van der Waals surface area contributed by atoms with Gasteiger partial charge in [0, 0.05) is 69.1 Å². The summed E-state index contributed by atoms with van der Waals surface area (Å²) in [6, 6.07) is 12.4. The zero-order valence-corrected chi connectivity index (χ0v) is 44.6. The van der Waals surface area contributed by atoms with Gasteiger partial charge in [-0.15, -0.1) is 0 Å². The molecular formula is C55H64N10O13S. The third-order valence-corrected chi connectivity index (χ3v) is 17.2. The van der Waals surface area contributed by atoms with Crippen molar-refractivity contribution < 1.29 is 56.7 Å². The summed E-state index contributed by atoms with van der Waals surface area (Å²) in [4.78, 5) is 139. The van der Waals surface area contributed by atoms with E-state index in [0.717, 1.165) is 43.9 Å². The monoisotopic (exact) mass is 1100 g/mol. The van der Waals surface area contributed by atoms with Crippen LogP contribution in [0.5, 0.6) is 0 Å². The molecule has 1 unspecified atom stereocenters. The van der Waals surface area contributed by atoms with Crippen molar-refractivity contribution in [1.82, 2.24) is 45.2 Å². The third-order valence-electron chi connectivity index (χ3n) is 16.0. The molecule has 24 heteroatoms. The lowest BCUT2D eigenvalue weighted by Gasteiger charge is -2.39. The number of nitrogens with two attached hydrogens (primary N) is 1. The van der Waals surface area contributed by atoms with Crippen LogP contribution in [0.3, 0.4) is 0 Å². The number of aromatic amines is 1. The number of piperidine rings is 1. The lowest BCUT2D eigenvalue weighted by molar-refractivity contribution is -0.146. The number of hydrogen-bond acceptors (Lipinski definition) is 12. The van der Waals surface area contributed by atoms with Crippen LogP contribution in [0, 0.1) is 11.8 Å². The van der Waals surface area contributed by atoms with Gasteiger partial charge in [0.05, 0.1) is 21.5 Å². The van der Waals surface area contributed by atoms with E-state index in [4.69, 9.17) is 5.73 Å². The summed E-state index contributed by atoms with van der Waals surface area (Å²) >= 11 is 0. The molecule has 2 aromatic heterocycles. The molecule has 1 saturated carbocycles. The maximum absolute atomic E-state index is 15.0. The van der Waals surface area contributed by atoms with Gasteiger partial charge in [-0.25, -0.2) is 18.0 Å². The van der Waals surface area contributed by atoms with Crippen LogP contribution in [0.2, 0.25) is 0 Å². The number of primary amides is 1. The summed E-state index contributed by atoms with van der Waals surface area (Å²) in [5.74, 6) is -5.23. The van der Waals surface area contributed by atoms with Crippen molar-refractivity contribution in [2.75, 3.05) is 19.3 Å². The zero-order chi connectivity index (χ0) is 56.4. The predicted octanol–water partition coefficient (Wildman–Crippen LogP) is 2.10. The fourth-order valence-electron chi connectivity index (χ4n) is 11.7. The average molecular weight is 1110 g/mol. The SMILES string of the molecule is Cn1c(=O)n(C2CCC(=O)NC2=O)c2ccc(C[C@H]3CC[C@@H](CC(=O)N4CC[C@H]5CC[C@@H](C(=O)N[C@@H](CCC(N)=O)C(=O)NCc6ccc(S(C)(=O)=O)cc6)N5C(=O)[C@@H](NC(=O)c5cc6cc(C(=O)O)ccc6[nH]5)C4)CC3)cc21. The van der Waals surface area contributed by atoms with E-state index in [0.29, 0.717) is 46.3 Å². The van der Waals surface area contributed by atoms with Crippen LogP contribution in [-0.4, -0.2) is 134 Å². The summed E-state index contributed by atoms with van der Waals surface area (Å²) in [6.07, 6.45) is 6.07. The number of carboxylic acids is 1. The molecule has 3 saturated heterocycles. The lowest BCUT2D eigenvalue weighted by Crippen LogP contribution is -2.62. The fourth-order valence-corrected chi connectivity index (χ4v) is 12.3. The number of carbonyl (C=O) groups is 9. The van der Waals surface area contributed by atoms with E-state index in [1.807, 2.05) is 18.2 Å². The Morgan fingerprint density at radius 2 is 1.56 bits per heavy atom. The summed E-state index contributed by atoms with van der Waals surface area (Å²) in [5.41, 5.74) is 8.50. The summed E-state index contributed by atoms with van der Waals surface area (Å²) < 4.78 is 26.9. The van der Waals surface area contributed by atoms with Crippen molar-refractivity contribution in [1.29, 1.82) is 0 Å². The number of nitrogens with zero attached hydrogens (tertiary/aromatic N) is 4. The standard InChI is InChI=1S/C55H64N10O13S/c1-62-45-24-33(9-16-42(45)65(55(62)76)44-18-20-47(67)61-52(44)72)23-30-3-5-31(6-4-30)25-48(68)63-22-21-36-11-17-43(51(71)59-39(15-19-46(56)66)49(69)57-28-32-7-12-37(13-8-32)79(2,77)78)64(36)53(73)41(29-63)60-50(70)40-27-35-26-34(54(74)75)10-14-38(35)58-40/h7-10,12-14,16,24,26-27,30-31,36,39,41,43-44,58H,3-6,11,15,17-23,25,28-29H2,1-2H3,(H2,56,66)(H,57,69)(H,59,71)(H,60,70)(H,74,75)(H,61,67,72)/t30-,31+,36-,39+,41+,43+,44?/m1/s1. The number of aryl methyl sites for hydroxylation is 1. The molecule has 4 aliphatic rings. The van der Waals surface area contributed by atoms with E-state index in [-0.39, 0.29) is 97.7 Å². The maximum atomic E-state index is 15.0. The number of benzene rings is 3. The van der Waals surface area contributed by atoms with E-state index in [9.17, 15) is 61.5 Å². The number of imidazole rings is 1. The van der Waals surface area contributed by atoms with Crippen molar-refractivity contribution in [3.8, 4) is 0 Å². The second kappa shape index (κ2) is 23.1. The van der Waals surface area contributed by atoms with Gasteiger partial charge in [0.25, 0.3) is 5.91 Å². The smallest absolute Gasteiger partial charge is 0.335 e. The number of hydrogen-bond donors (Lipinski definition) is 7. The summed E-state index contributed by atoms with van der Waals surface area (Å²) in [6.45, 7) is -0.0453. The molecule has 8 amide bonds. The van der Waals surface area contributed by atoms with Crippen LogP contribution in [0.25, 0.3) is 21.9 Å². The first kappa shape index (κ1) is 55.6. The Labute approximate surface area is 453 Å². The van der Waals surface area contributed by atoms with Crippen LogP contribution in [0.15, 0.2) is 76.4 Å². The molecular weight excluding hydrogens is 1040 g/mol. The van der Waals surface area contributed by atoms with Crippen LogP contribution >= 0.6 is 0 Å². The highest BCUT2D eigenvalue weighted by molar-refractivity contribution is 7.90. The maximum Gasteiger partial charge on any atom is 0.335 e. The molecule has 5 aromatic rings. The van der Waals surface area contributed by atoms with Crippen molar-refractivity contribution in [2.45, 2.75) is 125 Å². The highest BCUT2D eigenvalue weighted by atomic mass is 32.2. The molecule has 4 fully saturated rings. The fraction of sp³-hybridized carbons (Fsp3) is 0.455. The highest BCUT2D eigenvalue weighted by Gasteiger charge is 2.46. The van der Waals surface area contributed by atoms with Crippen molar-refractivity contribution in [3.63, 3.8) is 0 Å². The minimum absolute atomic E-state index is 0.00343. The van der Waals surface area contributed by atoms with E-state index in [1.54, 1.807) is 11.9 Å². The van der Waals surface area contributed by atoms with Crippen molar-refractivity contribution in [3.05, 3.63) is 99.6 Å². The second-order valence-electron chi connectivity index (χ2n) is 21.4. The number of sulfone groups is 1. The lowest BCUT2D eigenvalue weighted by atomic mass is 9.78. The number of rotatable bonds is 17. The topological polar surface area (TPSA) is 331 Å². The number of carbonyl (C=O) groups excluding carboxylic acids is 8. The van der Waals surface area contributed by atoms with Crippen LogP contribution in [0.4, 0.5) is 0 Å². The van der Waals surface area contributed by atoms with E-state index < -0.39 is 81.5 Å². The first-order valence-corrected chi connectivity index (χ1v) is 28.5. The first-order valence-electron chi connectivity index (χ1n) is 26.6. The molecule has 0 bridgehead atoms. The van der Waals surface area contributed by atoms with Gasteiger partial charge in [-0.1, -0.05) is 18.2 Å². The molecule has 5 atom stereocenters. The average Bonchev–Trinajstić information content (AvgIpc) is 4.33. The Balaban J connectivity index is 0.876. The third kappa shape index (κ3) is 12.4. The molecule has 5 heterocycles. The molecule has 3 aliphatic heterocycles. The Bertz CT molecular complexity index is 3450. The molecule has 9 rings (SSSR count). The van der Waals surface area contributed by atoms with Gasteiger partial charge in [-0.05, 0) is 136 Å². The first-order chi connectivity index (χ1) is 37.6. The van der Waals surface area contributed by atoms with Gasteiger partial charge < -0.3 is 41.6 Å². The zero-order valence-electron chi connectivity index (χ0n) is 43.8. The number of aromatic nitrogens is 3. The van der Waals surface area contributed by atoms with Crippen LogP contribution in [-0.2, 0) is 63.4 Å². The quantitative estimate of drug-likeness (QED) is 0.0657. The number of H-pyrrole nitrogens is 1. The molecule has 0 radical (unpaired) electrons. The molecule has 79 heavy (non-hydrogen) atoms. The van der Waals surface area contributed by atoms with Crippen molar-refractivity contribution >= 4 is 85.0 Å². The number of amides is 8. The number of aromatic carboxylic acids is 1. The van der Waals surface area contributed by atoms with Gasteiger partial charge in [0.1, 0.15) is 29.9 Å². The van der Waals surface area contributed by atoms with Crippen LogP contribution < -0.4 is 32.7 Å². The molecule has 8 N–H and O–H groups in total. The number of nitrogens with one attached hydrogen (secondary N) is 5. The number of fused-ring (bicyclic) bond motifs is 3. The minimum atomic E-state index is -3.46. The summed E-state index contributed by atoms with van der Waals surface area (Å²) in [7, 11) is -1.80. The van der Waals surface area contributed by atoms with E-state index in [2.05, 4.69) is 26.3 Å². The Kier molecular flexibility index (Phi) is 16.2. The Hall–Kier alpha value is -8.15. The van der Waals surface area contributed by atoms with Gasteiger partial charge in [0.2, 0.25) is 41.4 Å². The second-order valence-corrected chi connectivity index (χ2v) is 23.4. The Morgan fingerprint density at radius 1 is 0.835 bits per heavy atom. The van der Waals surface area contributed by atoms with Crippen molar-refractivity contribution in [2.24, 2.45) is 24.6 Å².